The van der Waals surface area contributed by atoms with Crippen molar-refractivity contribution in [1.29, 1.82) is 10.5 Å². The van der Waals surface area contributed by atoms with Gasteiger partial charge in [-0.15, -0.1) is 0 Å². The molecule has 0 unspecified atom stereocenters. The molecule has 0 aromatic heterocycles. The van der Waals surface area contributed by atoms with Crippen molar-refractivity contribution >= 4 is 5.97 Å². The van der Waals surface area contributed by atoms with Gasteiger partial charge >= 0.3 is 5.97 Å². The summed E-state index contributed by atoms with van der Waals surface area (Å²) in [6, 6.07) is 6.18. The van der Waals surface area contributed by atoms with Gasteiger partial charge in [-0.3, -0.25) is 4.79 Å². The quantitative estimate of drug-likeness (QED) is 0.206. The Morgan fingerprint density at radius 2 is 1.31 bits per heavy atom. The summed E-state index contributed by atoms with van der Waals surface area (Å²) in [5, 5.41) is 27.8. The normalized spacial score (nSPS) is 10.3. The van der Waals surface area contributed by atoms with E-state index in [4.69, 9.17) is 15.3 Å². The SMILES string of the molecule is CCCCCCCCCCCCCCCC(=O)Oc1ccc(O)c(C#N)c1C#N. The lowest BCUT2D eigenvalue weighted by Gasteiger charge is -2.08. The Labute approximate surface area is 175 Å². The highest BCUT2D eigenvalue weighted by atomic mass is 16.5. The van der Waals surface area contributed by atoms with Crippen LogP contribution in [0, 0.1) is 22.7 Å². The van der Waals surface area contributed by atoms with Gasteiger partial charge < -0.3 is 9.84 Å². The van der Waals surface area contributed by atoms with E-state index in [0.29, 0.717) is 0 Å². The minimum atomic E-state index is -0.417. The Kier molecular flexibility index (Phi) is 13.0. The van der Waals surface area contributed by atoms with E-state index >= 15 is 0 Å². The smallest absolute Gasteiger partial charge is 0.311 e. The second-order valence-corrected chi connectivity index (χ2v) is 7.52. The largest absolute Gasteiger partial charge is 0.507 e. The highest BCUT2D eigenvalue weighted by Gasteiger charge is 2.16. The summed E-state index contributed by atoms with van der Waals surface area (Å²) in [6.07, 6.45) is 16.4. The van der Waals surface area contributed by atoms with Gasteiger partial charge in [0.1, 0.15) is 34.8 Å². The fraction of sp³-hybridized carbons (Fsp3) is 0.625. The van der Waals surface area contributed by atoms with E-state index in [1.165, 1.54) is 76.3 Å². The number of benzene rings is 1. The molecule has 0 aliphatic rings. The number of phenolic OH excluding ortho intramolecular Hbond substituents is 1. The number of unbranched alkanes of at least 4 members (excludes halogenated alkanes) is 12. The zero-order valence-electron chi connectivity index (χ0n) is 17.7. The maximum Gasteiger partial charge on any atom is 0.311 e. The van der Waals surface area contributed by atoms with Gasteiger partial charge in [0, 0.05) is 6.42 Å². The molecule has 0 heterocycles. The summed E-state index contributed by atoms with van der Waals surface area (Å²) in [5.74, 6) is -0.680. The van der Waals surface area contributed by atoms with Crippen LogP contribution in [0.5, 0.6) is 11.5 Å². The molecule has 1 rings (SSSR count). The van der Waals surface area contributed by atoms with Crippen molar-refractivity contribution in [2.24, 2.45) is 0 Å². The van der Waals surface area contributed by atoms with E-state index in [1.807, 2.05) is 6.07 Å². The molecule has 0 aliphatic heterocycles. The fourth-order valence-corrected chi connectivity index (χ4v) is 3.34. The van der Waals surface area contributed by atoms with Crippen LogP contribution in [0.25, 0.3) is 0 Å². The lowest BCUT2D eigenvalue weighted by molar-refractivity contribution is -0.134. The first-order valence-corrected chi connectivity index (χ1v) is 11.0. The first kappa shape index (κ1) is 24.5. The topological polar surface area (TPSA) is 94.1 Å². The lowest BCUT2D eigenvalue weighted by atomic mass is 10.0. The zero-order valence-corrected chi connectivity index (χ0v) is 17.7. The predicted molar refractivity (Wildman–Crippen MR) is 113 cm³/mol. The molecule has 1 N–H and O–H groups in total. The first-order valence-electron chi connectivity index (χ1n) is 11.0. The van der Waals surface area contributed by atoms with E-state index in [1.54, 1.807) is 6.07 Å². The molecule has 0 aliphatic carbocycles. The van der Waals surface area contributed by atoms with Gasteiger partial charge in [0.15, 0.2) is 0 Å². The van der Waals surface area contributed by atoms with E-state index in [9.17, 15) is 9.90 Å². The van der Waals surface area contributed by atoms with E-state index in [2.05, 4.69) is 6.92 Å². The van der Waals surface area contributed by atoms with E-state index in [-0.39, 0.29) is 29.0 Å². The van der Waals surface area contributed by atoms with Crippen LogP contribution in [0.4, 0.5) is 0 Å². The Morgan fingerprint density at radius 3 is 1.79 bits per heavy atom. The van der Waals surface area contributed by atoms with Crippen LogP contribution in [-0.2, 0) is 4.79 Å². The number of carbonyl (C=O) groups excluding carboxylic acids is 1. The van der Waals surface area contributed by atoms with Gasteiger partial charge in [-0.25, -0.2) is 0 Å². The molecular weight excluding hydrogens is 364 g/mol. The third kappa shape index (κ3) is 9.99. The summed E-state index contributed by atoms with van der Waals surface area (Å²) < 4.78 is 5.22. The number of esters is 1. The maximum absolute atomic E-state index is 12.0. The molecule has 0 fully saturated rings. The van der Waals surface area contributed by atoms with Gasteiger partial charge in [0.2, 0.25) is 0 Å². The number of aromatic hydroxyl groups is 1. The van der Waals surface area contributed by atoms with Gasteiger partial charge in [0.05, 0.1) is 0 Å². The second kappa shape index (κ2) is 15.4. The van der Waals surface area contributed by atoms with Gasteiger partial charge in [-0.2, -0.15) is 10.5 Å². The van der Waals surface area contributed by atoms with E-state index in [0.717, 1.165) is 19.3 Å². The summed E-state index contributed by atoms with van der Waals surface area (Å²) in [4.78, 5) is 12.0. The molecule has 29 heavy (non-hydrogen) atoms. The average molecular weight is 399 g/mol. The van der Waals surface area contributed by atoms with Crippen LogP contribution in [-0.4, -0.2) is 11.1 Å². The van der Waals surface area contributed by atoms with Crippen molar-refractivity contribution in [2.75, 3.05) is 0 Å². The molecule has 1 aromatic rings. The molecule has 0 saturated carbocycles. The molecule has 5 nitrogen and oxygen atoms in total. The number of phenols is 1. The molecular formula is C24H34N2O3. The van der Waals surface area contributed by atoms with Crippen LogP contribution in [0.1, 0.15) is 108 Å². The molecule has 0 amide bonds. The predicted octanol–water partition coefficient (Wildman–Crippen LogP) is 6.52. The minimum absolute atomic E-state index is 0.0292. The van der Waals surface area contributed by atoms with Gasteiger partial charge in [-0.05, 0) is 18.6 Å². The van der Waals surface area contributed by atoms with Crippen molar-refractivity contribution in [3.63, 3.8) is 0 Å². The van der Waals surface area contributed by atoms with E-state index < -0.39 is 5.97 Å². The summed E-state index contributed by atoms with van der Waals surface area (Å²) in [6.45, 7) is 2.24. The molecule has 0 spiro atoms. The summed E-state index contributed by atoms with van der Waals surface area (Å²) in [5.41, 5.74) is -0.273. The Morgan fingerprint density at radius 1 is 0.828 bits per heavy atom. The Hall–Kier alpha value is -2.53. The van der Waals surface area contributed by atoms with Crippen molar-refractivity contribution < 1.29 is 14.6 Å². The van der Waals surface area contributed by atoms with Gasteiger partial charge in [0.25, 0.3) is 0 Å². The van der Waals surface area contributed by atoms with Crippen molar-refractivity contribution in [3.8, 4) is 23.6 Å². The van der Waals surface area contributed by atoms with Gasteiger partial charge in [-0.1, -0.05) is 84.0 Å². The zero-order chi connectivity index (χ0) is 21.3. The number of nitriles is 2. The van der Waals surface area contributed by atoms with Crippen LogP contribution < -0.4 is 4.74 Å². The number of hydrogen-bond acceptors (Lipinski definition) is 5. The minimum Gasteiger partial charge on any atom is -0.507 e. The third-order valence-corrected chi connectivity index (χ3v) is 5.08. The number of ether oxygens (including phenoxy) is 1. The fourth-order valence-electron chi connectivity index (χ4n) is 3.34. The summed E-state index contributed by atoms with van der Waals surface area (Å²) in [7, 11) is 0. The monoisotopic (exact) mass is 398 g/mol. The molecule has 5 heteroatoms. The highest BCUT2D eigenvalue weighted by molar-refractivity contribution is 5.74. The molecule has 0 atom stereocenters. The second-order valence-electron chi connectivity index (χ2n) is 7.52. The lowest BCUT2D eigenvalue weighted by Crippen LogP contribution is -2.09. The van der Waals surface area contributed by atoms with Crippen LogP contribution >= 0.6 is 0 Å². The average Bonchev–Trinajstić information content (AvgIpc) is 2.72. The van der Waals surface area contributed by atoms with Crippen molar-refractivity contribution in [1.82, 2.24) is 0 Å². The molecule has 0 saturated heterocycles. The van der Waals surface area contributed by atoms with Crippen LogP contribution in [0.15, 0.2) is 12.1 Å². The Bertz CT molecular complexity index is 701. The number of rotatable bonds is 15. The van der Waals surface area contributed by atoms with Crippen LogP contribution in [0.3, 0.4) is 0 Å². The number of nitrogens with zero attached hydrogens (tertiary/aromatic N) is 2. The van der Waals surface area contributed by atoms with Crippen molar-refractivity contribution in [2.45, 2.75) is 96.8 Å². The maximum atomic E-state index is 12.0. The Balaban J connectivity index is 2.11. The number of hydrogen-bond donors (Lipinski definition) is 1. The highest BCUT2D eigenvalue weighted by Crippen LogP contribution is 2.28. The molecule has 0 radical (unpaired) electrons. The van der Waals surface area contributed by atoms with Crippen LogP contribution in [0.2, 0.25) is 0 Å². The molecule has 158 valence electrons. The molecule has 1 aromatic carbocycles. The van der Waals surface area contributed by atoms with Crippen molar-refractivity contribution in [3.05, 3.63) is 23.3 Å². The first-order chi connectivity index (χ1) is 14.1. The third-order valence-electron chi connectivity index (χ3n) is 5.08. The molecule has 0 bridgehead atoms. The number of carbonyl (C=O) groups is 1. The summed E-state index contributed by atoms with van der Waals surface area (Å²) >= 11 is 0. The standard InChI is InChI=1S/C24H34N2O3/c1-2-3-4-5-6-7-8-9-10-11-12-13-14-15-24(28)29-23-17-16-22(27)20(18-25)21(23)19-26/h16-17,27H,2-15H2,1H3.